The number of benzene rings is 1. The Morgan fingerprint density at radius 3 is 2.50 bits per heavy atom. The van der Waals surface area contributed by atoms with Crippen molar-refractivity contribution in [2.24, 2.45) is 0 Å². The number of hydrogen-bond donors (Lipinski definition) is 1. The van der Waals surface area contributed by atoms with Gasteiger partial charge in [-0.1, -0.05) is 30.3 Å². The van der Waals surface area contributed by atoms with E-state index < -0.39 is 16.6 Å². The van der Waals surface area contributed by atoms with Crippen LogP contribution in [0.25, 0.3) is 0 Å². The van der Waals surface area contributed by atoms with Gasteiger partial charge in [0, 0.05) is 18.8 Å². The number of nitro groups is 1. The van der Waals surface area contributed by atoms with E-state index in [1.54, 1.807) is 0 Å². The second kappa shape index (κ2) is 4.70. The number of aromatic carboxylic acids is 1. The van der Waals surface area contributed by atoms with Crippen molar-refractivity contribution in [2.45, 2.75) is 6.54 Å². The van der Waals surface area contributed by atoms with Crippen molar-refractivity contribution in [3.63, 3.8) is 0 Å². The number of carbonyl (C=O) groups is 1. The van der Waals surface area contributed by atoms with Crippen molar-refractivity contribution in [3.8, 4) is 0 Å². The molecule has 0 fully saturated rings. The van der Waals surface area contributed by atoms with Crippen LogP contribution in [0, 0.1) is 10.1 Å². The van der Waals surface area contributed by atoms with Gasteiger partial charge in [0.1, 0.15) is 0 Å². The number of nitrogens with zero attached hydrogens (tertiary/aromatic N) is 2. The van der Waals surface area contributed by atoms with Crippen LogP contribution < -0.4 is 0 Å². The Morgan fingerprint density at radius 1 is 1.28 bits per heavy atom. The standard InChI is InChI=1S/C12H10N2O4/c15-12(16)11-10(14(17)18)6-7-13(11)8-9-4-2-1-3-5-9/h1-7H,8H2,(H,15,16). The molecular formula is C12H10N2O4. The molecule has 2 aromatic rings. The first kappa shape index (κ1) is 11.8. The smallest absolute Gasteiger partial charge is 0.359 e. The van der Waals surface area contributed by atoms with Gasteiger partial charge in [0.2, 0.25) is 5.69 Å². The average Bonchev–Trinajstić information content (AvgIpc) is 2.74. The van der Waals surface area contributed by atoms with E-state index in [1.165, 1.54) is 16.8 Å². The predicted molar refractivity (Wildman–Crippen MR) is 63.6 cm³/mol. The summed E-state index contributed by atoms with van der Waals surface area (Å²) >= 11 is 0. The summed E-state index contributed by atoms with van der Waals surface area (Å²) in [5.41, 5.74) is 0.188. The SMILES string of the molecule is O=C(O)c1c([N+](=O)[O-])ccn1Cc1ccccc1. The third-order valence-corrected chi connectivity index (χ3v) is 2.54. The normalized spacial score (nSPS) is 10.2. The first-order valence-electron chi connectivity index (χ1n) is 5.20. The summed E-state index contributed by atoms with van der Waals surface area (Å²) in [6, 6.07) is 10.4. The van der Waals surface area contributed by atoms with E-state index >= 15 is 0 Å². The molecule has 0 amide bonds. The number of rotatable bonds is 4. The highest BCUT2D eigenvalue weighted by molar-refractivity contribution is 5.90. The minimum absolute atomic E-state index is 0.288. The number of carboxylic acids is 1. The molecule has 0 spiro atoms. The van der Waals surface area contributed by atoms with Crippen molar-refractivity contribution in [1.29, 1.82) is 0 Å². The molecule has 0 saturated heterocycles. The lowest BCUT2D eigenvalue weighted by Crippen LogP contribution is -2.10. The van der Waals surface area contributed by atoms with E-state index in [0.717, 1.165) is 5.56 Å². The Bertz CT molecular complexity index is 589. The molecule has 1 aromatic heterocycles. The fourth-order valence-corrected chi connectivity index (χ4v) is 1.75. The zero-order chi connectivity index (χ0) is 13.1. The summed E-state index contributed by atoms with van der Waals surface area (Å²) in [5, 5.41) is 19.8. The Kier molecular flexibility index (Phi) is 3.09. The Morgan fingerprint density at radius 2 is 1.94 bits per heavy atom. The first-order valence-corrected chi connectivity index (χ1v) is 5.20. The van der Waals surface area contributed by atoms with Crippen LogP contribution in [0.4, 0.5) is 5.69 Å². The van der Waals surface area contributed by atoms with Gasteiger partial charge in [0.15, 0.2) is 0 Å². The van der Waals surface area contributed by atoms with Gasteiger partial charge in [-0.2, -0.15) is 0 Å². The molecule has 0 aliphatic carbocycles. The molecule has 0 aliphatic heterocycles. The van der Waals surface area contributed by atoms with Gasteiger partial charge in [0.25, 0.3) is 0 Å². The molecule has 1 aromatic carbocycles. The van der Waals surface area contributed by atoms with Gasteiger partial charge in [0.05, 0.1) is 4.92 Å². The van der Waals surface area contributed by atoms with E-state index in [-0.39, 0.29) is 12.2 Å². The molecule has 18 heavy (non-hydrogen) atoms. The minimum atomic E-state index is -1.30. The molecule has 6 heteroatoms. The average molecular weight is 246 g/mol. The molecule has 0 atom stereocenters. The molecule has 0 bridgehead atoms. The van der Waals surface area contributed by atoms with Crippen LogP contribution >= 0.6 is 0 Å². The highest BCUT2D eigenvalue weighted by Gasteiger charge is 2.24. The maximum absolute atomic E-state index is 11.1. The molecule has 1 heterocycles. The van der Waals surface area contributed by atoms with Crippen LogP contribution in [0.15, 0.2) is 42.6 Å². The van der Waals surface area contributed by atoms with E-state index in [1.807, 2.05) is 30.3 Å². The highest BCUT2D eigenvalue weighted by atomic mass is 16.6. The highest BCUT2D eigenvalue weighted by Crippen LogP contribution is 2.21. The topological polar surface area (TPSA) is 85.4 Å². The van der Waals surface area contributed by atoms with Gasteiger partial charge in [-0.25, -0.2) is 4.79 Å². The Hall–Kier alpha value is -2.63. The number of aromatic nitrogens is 1. The van der Waals surface area contributed by atoms with Crippen LogP contribution in [0.3, 0.4) is 0 Å². The van der Waals surface area contributed by atoms with E-state index in [4.69, 9.17) is 5.11 Å². The van der Waals surface area contributed by atoms with Crippen LogP contribution in [0.2, 0.25) is 0 Å². The van der Waals surface area contributed by atoms with Crippen LogP contribution in [0.1, 0.15) is 16.1 Å². The fourth-order valence-electron chi connectivity index (χ4n) is 1.75. The van der Waals surface area contributed by atoms with Crippen molar-refractivity contribution >= 4 is 11.7 Å². The third kappa shape index (κ3) is 2.22. The van der Waals surface area contributed by atoms with Crippen LogP contribution in [-0.4, -0.2) is 20.6 Å². The summed E-state index contributed by atoms with van der Waals surface area (Å²) < 4.78 is 1.36. The monoisotopic (exact) mass is 246 g/mol. The quantitative estimate of drug-likeness (QED) is 0.661. The first-order chi connectivity index (χ1) is 8.59. The molecule has 6 nitrogen and oxygen atoms in total. The molecule has 0 saturated carbocycles. The lowest BCUT2D eigenvalue weighted by Gasteiger charge is -2.05. The van der Waals surface area contributed by atoms with Gasteiger partial charge in [-0.05, 0) is 5.56 Å². The fraction of sp³-hybridized carbons (Fsp3) is 0.0833. The Labute approximate surface area is 102 Å². The molecule has 0 radical (unpaired) electrons. The second-order valence-electron chi connectivity index (χ2n) is 3.73. The second-order valence-corrected chi connectivity index (χ2v) is 3.73. The van der Waals surface area contributed by atoms with Gasteiger partial charge in [-0.15, -0.1) is 0 Å². The Balaban J connectivity index is 2.40. The number of hydrogen-bond acceptors (Lipinski definition) is 3. The van der Waals surface area contributed by atoms with Crippen LogP contribution in [0.5, 0.6) is 0 Å². The number of carboxylic acid groups (broad SMARTS) is 1. The van der Waals surface area contributed by atoms with E-state index in [9.17, 15) is 14.9 Å². The third-order valence-electron chi connectivity index (χ3n) is 2.54. The summed E-state index contributed by atoms with van der Waals surface area (Å²) in [5.74, 6) is -1.30. The lowest BCUT2D eigenvalue weighted by molar-refractivity contribution is -0.385. The van der Waals surface area contributed by atoms with Crippen molar-refractivity contribution in [1.82, 2.24) is 4.57 Å². The van der Waals surface area contributed by atoms with E-state index in [0.29, 0.717) is 0 Å². The summed E-state index contributed by atoms with van der Waals surface area (Å²) in [4.78, 5) is 21.1. The summed E-state index contributed by atoms with van der Waals surface area (Å²) in [6.07, 6.45) is 1.41. The van der Waals surface area contributed by atoms with Crippen molar-refractivity contribution in [2.75, 3.05) is 0 Å². The maximum Gasteiger partial charge on any atom is 0.359 e. The maximum atomic E-state index is 11.1. The van der Waals surface area contributed by atoms with Crippen molar-refractivity contribution in [3.05, 3.63) is 64.0 Å². The largest absolute Gasteiger partial charge is 0.476 e. The molecule has 92 valence electrons. The van der Waals surface area contributed by atoms with Crippen LogP contribution in [-0.2, 0) is 6.54 Å². The predicted octanol–water partition coefficient (Wildman–Crippen LogP) is 2.14. The molecular weight excluding hydrogens is 236 g/mol. The van der Waals surface area contributed by atoms with Gasteiger partial charge >= 0.3 is 11.7 Å². The van der Waals surface area contributed by atoms with E-state index in [2.05, 4.69) is 0 Å². The molecule has 1 N–H and O–H groups in total. The van der Waals surface area contributed by atoms with Crippen molar-refractivity contribution < 1.29 is 14.8 Å². The molecule has 0 aliphatic rings. The summed E-state index contributed by atoms with van der Waals surface area (Å²) in [7, 11) is 0. The zero-order valence-electron chi connectivity index (χ0n) is 9.31. The lowest BCUT2D eigenvalue weighted by atomic mass is 10.2. The summed E-state index contributed by atoms with van der Waals surface area (Å²) in [6.45, 7) is 0.288. The minimum Gasteiger partial charge on any atom is -0.476 e. The molecule has 0 unspecified atom stereocenters. The van der Waals surface area contributed by atoms with Gasteiger partial charge in [-0.3, -0.25) is 10.1 Å². The zero-order valence-corrected chi connectivity index (χ0v) is 9.31. The molecule has 2 rings (SSSR count). The van der Waals surface area contributed by atoms with Gasteiger partial charge < -0.3 is 9.67 Å².